The van der Waals surface area contributed by atoms with E-state index in [1.165, 1.54) is 5.23 Å². The van der Waals surface area contributed by atoms with Gasteiger partial charge in [0.2, 0.25) is 11.4 Å². The Labute approximate surface area is 186 Å². The topological polar surface area (TPSA) is 78.8 Å². The Hall–Kier alpha value is -2.62. The number of hydrogen-bond donors (Lipinski definition) is 0. The molecule has 4 atom stereocenters. The maximum Gasteiger partial charge on any atom is 0.233 e. The molecule has 0 aromatic heterocycles. The van der Waals surface area contributed by atoms with E-state index in [2.05, 4.69) is 5.16 Å². The van der Waals surface area contributed by atoms with Gasteiger partial charge in [0.1, 0.15) is 5.71 Å². The van der Waals surface area contributed by atoms with Crippen molar-refractivity contribution < 1.29 is 28.8 Å². The summed E-state index contributed by atoms with van der Waals surface area (Å²) in [4.78, 5) is 32.4. The lowest BCUT2D eigenvalue weighted by Crippen LogP contribution is -2.71. The molecule has 2 aromatic rings. The van der Waals surface area contributed by atoms with Crippen LogP contribution in [0.1, 0.15) is 42.6 Å². The molecular formula is C24H26N2O6. The van der Waals surface area contributed by atoms with E-state index in [-0.39, 0.29) is 12.2 Å². The average molecular weight is 438 g/mol. The van der Waals surface area contributed by atoms with Gasteiger partial charge in [-0.2, -0.15) is 0 Å². The summed E-state index contributed by atoms with van der Waals surface area (Å²) in [5.41, 5.74) is -0.648. The third-order valence-corrected chi connectivity index (χ3v) is 6.16. The fourth-order valence-corrected chi connectivity index (χ4v) is 4.79. The van der Waals surface area contributed by atoms with E-state index in [0.29, 0.717) is 30.9 Å². The van der Waals surface area contributed by atoms with Gasteiger partial charge in [-0.15, -0.1) is 0 Å². The second-order valence-electron chi connectivity index (χ2n) is 7.93. The van der Waals surface area contributed by atoms with Crippen molar-refractivity contribution in [2.75, 3.05) is 13.2 Å². The van der Waals surface area contributed by atoms with Gasteiger partial charge in [0, 0.05) is 30.8 Å². The van der Waals surface area contributed by atoms with Gasteiger partial charge in [0.25, 0.3) is 0 Å². The van der Waals surface area contributed by atoms with E-state index >= 15 is 0 Å². The lowest BCUT2D eigenvalue weighted by atomic mass is 9.67. The Bertz CT molecular complexity index is 1000. The summed E-state index contributed by atoms with van der Waals surface area (Å²) in [7, 11) is 0. The number of Topliss-reactive ketones (excluding diaryl/α,β-unsaturated/α-hetero) is 1. The van der Waals surface area contributed by atoms with E-state index in [9.17, 15) is 4.79 Å². The number of hydrogen-bond acceptors (Lipinski definition) is 8. The largest absolute Gasteiger partial charge is 0.378 e. The molecule has 3 aliphatic heterocycles. The van der Waals surface area contributed by atoms with E-state index in [0.717, 1.165) is 5.56 Å². The molecule has 8 nitrogen and oxygen atoms in total. The molecule has 3 heterocycles. The van der Waals surface area contributed by atoms with Crippen molar-refractivity contribution in [1.29, 1.82) is 0 Å². The van der Waals surface area contributed by atoms with Crippen molar-refractivity contribution in [2.45, 2.75) is 50.4 Å². The van der Waals surface area contributed by atoms with Crippen LogP contribution in [0.4, 0.5) is 0 Å². The van der Waals surface area contributed by atoms with E-state index in [1.54, 1.807) is 12.1 Å². The molecule has 0 aliphatic carbocycles. The normalized spacial score (nSPS) is 31.5. The molecule has 5 rings (SSSR count). The molecule has 0 amide bonds. The second kappa shape index (κ2) is 8.38. The maximum atomic E-state index is 14.1. The van der Waals surface area contributed by atoms with Crippen LogP contribution >= 0.6 is 0 Å². The number of ether oxygens (including phenoxy) is 2. The van der Waals surface area contributed by atoms with Crippen LogP contribution in [0.25, 0.3) is 0 Å². The molecule has 0 bridgehead atoms. The fourth-order valence-electron chi connectivity index (χ4n) is 4.79. The summed E-state index contributed by atoms with van der Waals surface area (Å²) < 4.78 is 11.6. The van der Waals surface area contributed by atoms with Crippen LogP contribution in [-0.2, 0) is 24.0 Å². The molecule has 3 aliphatic rings. The Kier molecular flexibility index (Phi) is 5.56. The van der Waals surface area contributed by atoms with Gasteiger partial charge in [-0.25, -0.2) is 9.68 Å². The Balaban J connectivity index is 1.67. The van der Waals surface area contributed by atoms with E-state index < -0.39 is 23.7 Å². The zero-order chi connectivity index (χ0) is 22.2. The zero-order valence-corrected chi connectivity index (χ0v) is 18.1. The quantitative estimate of drug-likeness (QED) is 0.613. The monoisotopic (exact) mass is 438 g/mol. The van der Waals surface area contributed by atoms with Gasteiger partial charge in [0.05, 0.1) is 6.42 Å². The van der Waals surface area contributed by atoms with Gasteiger partial charge in [-0.05, 0) is 19.1 Å². The summed E-state index contributed by atoms with van der Waals surface area (Å²) in [5.74, 6) is -0.202. The van der Waals surface area contributed by atoms with Crippen LogP contribution in [-0.4, -0.2) is 53.7 Å². The lowest BCUT2D eigenvalue weighted by Gasteiger charge is -2.48. The number of rotatable bonds is 7. The highest BCUT2D eigenvalue weighted by molar-refractivity contribution is 6.16. The maximum absolute atomic E-state index is 14.1. The van der Waals surface area contributed by atoms with Crippen molar-refractivity contribution >= 4 is 11.5 Å². The van der Waals surface area contributed by atoms with Gasteiger partial charge in [-0.1, -0.05) is 65.8 Å². The molecule has 2 saturated heterocycles. The van der Waals surface area contributed by atoms with Crippen LogP contribution in [0, 0.1) is 0 Å². The van der Waals surface area contributed by atoms with E-state index in [4.69, 9.17) is 24.0 Å². The smallest absolute Gasteiger partial charge is 0.233 e. The first-order valence-corrected chi connectivity index (χ1v) is 10.9. The predicted octanol–water partition coefficient (Wildman–Crippen LogP) is 3.48. The van der Waals surface area contributed by atoms with Crippen molar-refractivity contribution in [3.8, 4) is 0 Å². The van der Waals surface area contributed by atoms with E-state index in [1.807, 2.05) is 62.4 Å². The molecular weight excluding hydrogens is 412 g/mol. The SMILES string of the molecule is CCO[C@H]1C[C@@]2(C(=O)c3ccccc3)ON=C(c3ccccc3)[C@]23C[C@H](OCC)ON3O1. The first-order chi connectivity index (χ1) is 15.6. The summed E-state index contributed by atoms with van der Waals surface area (Å²) >= 11 is 0. The number of benzene rings is 2. The van der Waals surface area contributed by atoms with Crippen LogP contribution in [0.2, 0.25) is 0 Å². The molecule has 1 spiro atoms. The summed E-state index contributed by atoms with van der Waals surface area (Å²) in [5, 5.41) is 5.82. The highest BCUT2D eigenvalue weighted by atomic mass is 17.0. The molecule has 32 heavy (non-hydrogen) atoms. The van der Waals surface area contributed by atoms with Crippen molar-refractivity contribution in [3.63, 3.8) is 0 Å². The Morgan fingerprint density at radius 2 is 1.56 bits per heavy atom. The van der Waals surface area contributed by atoms with Gasteiger partial charge < -0.3 is 14.3 Å². The molecule has 0 N–H and O–H groups in total. The highest BCUT2D eigenvalue weighted by Gasteiger charge is 2.76. The average Bonchev–Trinajstić information content (AvgIpc) is 3.36. The minimum absolute atomic E-state index is 0.160. The summed E-state index contributed by atoms with van der Waals surface area (Å²) in [6, 6.07) is 18.7. The molecule has 0 saturated carbocycles. The fraction of sp³-hybridized carbons (Fsp3) is 0.417. The first-order valence-electron chi connectivity index (χ1n) is 10.9. The standard InChI is InChI=1S/C24H26N2O6/c1-3-28-19-15-23-21(17-11-7-5-8-12-17)25-32-24(23,22(27)18-13-9-6-10-14-18)16-20(29-4-2)31-26(23)30-19/h5-14,19-20H,3-4,15-16H2,1-2H3/t19-,20-,23-,24+/m1/s1. The second-order valence-corrected chi connectivity index (χ2v) is 7.93. The zero-order valence-electron chi connectivity index (χ0n) is 18.1. The van der Waals surface area contributed by atoms with Crippen molar-refractivity contribution in [1.82, 2.24) is 5.23 Å². The number of carbonyl (C=O) groups is 1. The predicted molar refractivity (Wildman–Crippen MR) is 114 cm³/mol. The summed E-state index contributed by atoms with van der Waals surface area (Å²) in [6.45, 7) is 4.61. The van der Waals surface area contributed by atoms with Gasteiger partial charge in [-0.3, -0.25) is 4.79 Å². The van der Waals surface area contributed by atoms with Gasteiger partial charge >= 0.3 is 0 Å². The minimum Gasteiger partial charge on any atom is -0.378 e. The Morgan fingerprint density at radius 1 is 0.969 bits per heavy atom. The minimum atomic E-state index is -1.41. The molecule has 168 valence electrons. The van der Waals surface area contributed by atoms with Crippen LogP contribution in [0.3, 0.4) is 0 Å². The molecule has 2 fully saturated rings. The van der Waals surface area contributed by atoms with Crippen molar-refractivity contribution in [2.24, 2.45) is 5.16 Å². The Morgan fingerprint density at radius 3 is 2.19 bits per heavy atom. The number of ketones is 1. The number of nitrogens with zero attached hydrogens (tertiary/aromatic N) is 2. The lowest BCUT2D eigenvalue weighted by molar-refractivity contribution is -0.471. The van der Waals surface area contributed by atoms with Crippen molar-refractivity contribution in [3.05, 3.63) is 71.8 Å². The molecule has 0 radical (unpaired) electrons. The van der Waals surface area contributed by atoms with Crippen LogP contribution in [0.15, 0.2) is 65.8 Å². The molecule has 8 heteroatoms. The number of hydroxylamine groups is 2. The first kappa shape index (κ1) is 21.2. The van der Waals surface area contributed by atoms with Gasteiger partial charge in [0.15, 0.2) is 18.1 Å². The molecule has 0 unspecified atom stereocenters. The van der Waals surface area contributed by atoms with Crippen LogP contribution in [0.5, 0.6) is 0 Å². The summed E-state index contributed by atoms with van der Waals surface area (Å²) in [6.07, 6.45) is -0.899. The number of oxime groups is 1. The number of carbonyl (C=O) groups excluding carboxylic acids is 1. The molecule has 2 aromatic carbocycles. The third kappa shape index (κ3) is 3.10. The highest BCUT2D eigenvalue weighted by Crippen LogP contribution is 2.55. The third-order valence-electron chi connectivity index (χ3n) is 6.16. The van der Waals surface area contributed by atoms with Crippen LogP contribution < -0.4 is 0 Å².